The molecule has 1 saturated heterocycles. The van der Waals surface area contributed by atoms with E-state index in [4.69, 9.17) is 11.5 Å². The molecule has 2 aromatic rings. The third kappa shape index (κ3) is 3.02. The van der Waals surface area contributed by atoms with Gasteiger partial charge in [0.25, 0.3) is 5.91 Å². The molecule has 1 fully saturated rings. The lowest BCUT2D eigenvalue weighted by atomic mass is 9.96. The fourth-order valence-electron chi connectivity index (χ4n) is 2.65. The number of piperidine rings is 1. The van der Waals surface area contributed by atoms with Crippen molar-refractivity contribution in [2.45, 2.75) is 12.8 Å². The van der Waals surface area contributed by atoms with Crippen LogP contribution in [-0.2, 0) is 4.79 Å². The lowest BCUT2D eigenvalue weighted by molar-refractivity contribution is -0.123. The maximum Gasteiger partial charge on any atom is 0.267 e. The van der Waals surface area contributed by atoms with Gasteiger partial charge in [-0.05, 0) is 36.5 Å². The van der Waals surface area contributed by atoms with Crippen molar-refractivity contribution in [3.8, 4) is 11.4 Å². The van der Waals surface area contributed by atoms with Crippen molar-refractivity contribution in [1.82, 2.24) is 14.3 Å². The number of primary amides is 1. The minimum absolute atomic E-state index is 0.148. The van der Waals surface area contributed by atoms with Crippen LogP contribution in [0.25, 0.3) is 11.4 Å². The van der Waals surface area contributed by atoms with E-state index in [9.17, 15) is 9.59 Å². The topological polar surface area (TPSA) is 115 Å². The van der Waals surface area contributed by atoms with Gasteiger partial charge in [0.2, 0.25) is 5.91 Å². The molecule has 0 spiro atoms. The Hall–Kier alpha value is -2.48. The molecule has 0 aliphatic carbocycles. The Kier molecular flexibility index (Phi) is 4.24. The quantitative estimate of drug-likeness (QED) is 0.874. The molecule has 1 aliphatic rings. The van der Waals surface area contributed by atoms with Crippen LogP contribution >= 0.6 is 11.5 Å². The SMILES string of the molecule is NC(=O)C1CCN(C(=O)c2snc(-c3ccccn3)c2N)CC1. The largest absolute Gasteiger partial charge is 0.396 e. The van der Waals surface area contributed by atoms with E-state index in [1.54, 1.807) is 23.2 Å². The number of anilines is 1. The molecule has 0 atom stereocenters. The highest BCUT2D eigenvalue weighted by Gasteiger charge is 2.29. The number of nitrogens with two attached hydrogens (primary N) is 2. The third-order valence-electron chi connectivity index (χ3n) is 4.01. The molecule has 2 aromatic heterocycles. The van der Waals surface area contributed by atoms with Gasteiger partial charge in [0.15, 0.2) is 0 Å². The molecular weight excluding hydrogens is 314 g/mol. The molecule has 3 rings (SSSR count). The molecular formula is C15H17N5O2S. The molecule has 0 unspecified atom stereocenters. The second-order valence-corrected chi connectivity index (χ2v) is 6.23. The van der Waals surface area contributed by atoms with Crippen molar-refractivity contribution >= 4 is 29.0 Å². The molecule has 2 amide bonds. The second kappa shape index (κ2) is 6.33. The molecule has 7 nitrogen and oxygen atoms in total. The van der Waals surface area contributed by atoms with E-state index in [-0.39, 0.29) is 17.7 Å². The standard InChI is InChI=1S/C15H17N5O2S/c16-11-12(10-3-1-2-6-18-10)19-23-13(11)15(22)20-7-4-9(5-8-20)14(17)21/h1-3,6,9H,4-5,7-8,16H2,(H2,17,21). The summed E-state index contributed by atoms with van der Waals surface area (Å²) < 4.78 is 4.28. The Morgan fingerprint density at radius 2 is 2.00 bits per heavy atom. The van der Waals surface area contributed by atoms with Crippen LogP contribution in [0, 0.1) is 5.92 Å². The van der Waals surface area contributed by atoms with Gasteiger partial charge in [-0.15, -0.1) is 0 Å². The maximum absolute atomic E-state index is 12.6. The molecule has 1 aliphatic heterocycles. The fraction of sp³-hybridized carbons (Fsp3) is 0.333. The first-order valence-electron chi connectivity index (χ1n) is 7.33. The number of rotatable bonds is 3. The van der Waals surface area contributed by atoms with E-state index in [0.717, 1.165) is 11.5 Å². The van der Waals surface area contributed by atoms with Crippen molar-refractivity contribution in [1.29, 1.82) is 0 Å². The second-order valence-electron chi connectivity index (χ2n) is 5.46. The highest BCUT2D eigenvalue weighted by atomic mass is 32.1. The zero-order valence-electron chi connectivity index (χ0n) is 12.4. The molecule has 0 saturated carbocycles. The van der Waals surface area contributed by atoms with Crippen molar-refractivity contribution in [2.24, 2.45) is 11.7 Å². The van der Waals surface area contributed by atoms with E-state index >= 15 is 0 Å². The number of hydrogen-bond acceptors (Lipinski definition) is 6. The number of carbonyl (C=O) groups is 2. The number of aromatic nitrogens is 2. The molecule has 0 radical (unpaired) electrons. The van der Waals surface area contributed by atoms with E-state index < -0.39 is 0 Å². The average molecular weight is 331 g/mol. The van der Waals surface area contributed by atoms with Gasteiger partial charge in [-0.1, -0.05) is 6.07 Å². The summed E-state index contributed by atoms with van der Waals surface area (Å²) in [5, 5.41) is 0. The predicted molar refractivity (Wildman–Crippen MR) is 87.6 cm³/mol. The number of likely N-dealkylation sites (tertiary alicyclic amines) is 1. The highest BCUT2D eigenvalue weighted by Crippen LogP contribution is 2.31. The van der Waals surface area contributed by atoms with Gasteiger partial charge >= 0.3 is 0 Å². The zero-order valence-corrected chi connectivity index (χ0v) is 13.3. The van der Waals surface area contributed by atoms with Crippen molar-refractivity contribution in [3.05, 3.63) is 29.3 Å². The van der Waals surface area contributed by atoms with Gasteiger partial charge in [-0.25, -0.2) is 0 Å². The number of hydrogen-bond donors (Lipinski definition) is 2. The molecule has 23 heavy (non-hydrogen) atoms. The maximum atomic E-state index is 12.6. The van der Waals surface area contributed by atoms with Crippen LogP contribution in [0.5, 0.6) is 0 Å². The van der Waals surface area contributed by atoms with Crippen molar-refractivity contribution in [3.63, 3.8) is 0 Å². The average Bonchev–Trinajstić information content (AvgIpc) is 2.96. The van der Waals surface area contributed by atoms with E-state index in [1.807, 2.05) is 6.07 Å². The van der Waals surface area contributed by atoms with Gasteiger partial charge in [0, 0.05) is 25.2 Å². The van der Waals surface area contributed by atoms with Gasteiger partial charge in [-0.3, -0.25) is 14.6 Å². The minimum Gasteiger partial charge on any atom is -0.396 e. The number of pyridine rings is 1. The van der Waals surface area contributed by atoms with E-state index in [1.165, 1.54) is 0 Å². The Labute approximate surface area is 137 Å². The summed E-state index contributed by atoms with van der Waals surface area (Å²) in [4.78, 5) is 30.2. The molecule has 3 heterocycles. The van der Waals surface area contributed by atoms with Gasteiger partial charge in [-0.2, -0.15) is 4.37 Å². The normalized spacial score (nSPS) is 15.6. The first-order chi connectivity index (χ1) is 11.1. The lowest BCUT2D eigenvalue weighted by Crippen LogP contribution is -2.41. The molecule has 120 valence electrons. The summed E-state index contributed by atoms with van der Waals surface area (Å²) in [5.41, 5.74) is 13.0. The van der Waals surface area contributed by atoms with Crippen LogP contribution in [-0.4, -0.2) is 39.2 Å². The first kappa shape index (κ1) is 15.4. The number of nitrogens with zero attached hydrogens (tertiary/aromatic N) is 3. The van der Waals surface area contributed by atoms with Crippen LogP contribution in [0.1, 0.15) is 22.5 Å². The van der Waals surface area contributed by atoms with Crippen LogP contribution < -0.4 is 11.5 Å². The summed E-state index contributed by atoms with van der Waals surface area (Å²) >= 11 is 1.08. The van der Waals surface area contributed by atoms with E-state index in [0.29, 0.717) is 47.9 Å². The van der Waals surface area contributed by atoms with Crippen LogP contribution in [0.3, 0.4) is 0 Å². The Bertz CT molecular complexity index is 723. The number of carbonyl (C=O) groups excluding carboxylic acids is 2. The van der Waals surface area contributed by atoms with E-state index in [2.05, 4.69) is 9.36 Å². The van der Waals surface area contributed by atoms with Crippen LogP contribution in [0.2, 0.25) is 0 Å². The Balaban J connectivity index is 1.77. The highest BCUT2D eigenvalue weighted by molar-refractivity contribution is 7.09. The predicted octanol–water partition coefficient (Wildman–Crippen LogP) is 1.12. The summed E-state index contributed by atoms with van der Waals surface area (Å²) in [6.07, 6.45) is 2.84. The lowest BCUT2D eigenvalue weighted by Gasteiger charge is -2.30. The zero-order chi connectivity index (χ0) is 16.4. The molecule has 0 aromatic carbocycles. The third-order valence-corrected chi connectivity index (χ3v) is 4.87. The minimum atomic E-state index is -0.299. The molecule has 0 bridgehead atoms. The summed E-state index contributed by atoms with van der Waals surface area (Å²) in [6.45, 7) is 1.01. The summed E-state index contributed by atoms with van der Waals surface area (Å²) in [6, 6.07) is 5.45. The summed E-state index contributed by atoms with van der Waals surface area (Å²) in [5.74, 6) is -0.598. The Morgan fingerprint density at radius 3 is 2.61 bits per heavy atom. The van der Waals surface area contributed by atoms with Crippen molar-refractivity contribution < 1.29 is 9.59 Å². The van der Waals surface area contributed by atoms with Crippen molar-refractivity contribution in [2.75, 3.05) is 18.8 Å². The fourth-order valence-corrected chi connectivity index (χ4v) is 3.43. The van der Waals surface area contributed by atoms with Crippen LogP contribution in [0.15, 0.2) is 24.4 Å². The van der Waals surface area contributed by atoms with Gasteiger partial charge in [0.05, 0.1) is 11.4 Å². The van der Waals surface area contributed by atoms with Crippen LogP contribution in [0.4, 0.5) is 5.69 Å². The first-order valence-corrected chi connectivity index (χ1v) is 8.10. The van der Waals surface area contributed by atoms with Gasteiger partial charge < -0.3 is 16.4 Å². The smallest absolute Gasteiger partial charge is 0.267 e. The summed E-state index contributed by atoms with van der Waals surface area (Å²) in [7, 11) is 0. The molecule has 4 N–H and O–H groups in total. The molecule has 8 heteroatoms. The number of nitrogen functional groups attached to an aromatic ring is 1. The monoisotopic (exact) mass is 331 g/mol. The Morgan fingerprint density at radius 1 is 1.26 bits per heavy atom. The van der Waals surface area contributed by atoms with Gasteiger partial charge in [0.1, 0.15) is 10.6 Å². The number of amides is 2.